The summed E-state index contributed by atoms with van der Waals surface area (Å²) in [6.45, 7) is 0.316. The highest BCUT2D eigenvalue weighted by molar-refractivity contribution is 7.17. The molecule has 3 rings (SSSR count). The number of benzene rings is 1. The molecule has 0 aliphatic heterocycles. The van der Waals surface area contributed by atoms with Gasteiger partial charge in [0.15, 0.2) is 0 Å². The number of rotatable bonds is 8. The predicted molar refractivity (Wildman–Crippen MR) is 114 cm³/mol. The average molecular weight is 469 g/mol. The first-order valence-electron chi connectivity index (χ1n) is 9.84. The summed E-state index contributed by atoms with van der Waals surface area (Å²) >= 11 is 6.94. The van der Waals surface area contributed by atoms with Crippen LogP contribution in [0, 0.1) is 11.7 Å². The molecule has 1 aromatic heterocycles. The summed E-state index contributed by atoms with van der Waals surface area (Å²) in [6.07, 6.45) is 2.06. The van der Waals surface area contributed by atoms with E-state index < -0.39 is 17.7 Å². The SMILES string of the molecule is O=C(NCCNC(=O)c1ccc(OC2CCC(C(=O)O)CC2)cc1F)c1ccc(Cl)s1. The molecule has 1 saturated carbocycles. The minimum Gasteiger partial charge on any atom is -0.490 e. The Morgan fingerprint density at radius 1 is 1.06 bits per heavy atom. The number of halogens is 2. The third-order valence-electron chi connectivity index (χ3n) is 5.00. The Kier molecular flexibility index (Phi) is 7.86. The largest absolute Gasteiger partial charge is 0.490 e. The lowest BCUT2D eigenvalue weighted by molar-refractivity contribution is -0.143. The van der Waals surface area contributed by atoms with Crippen LogP contribution in [0.1, 0.15) is 45.7 Å². The second kappa shape index (κ2) is 10.6. The van der Waals surface area contributed by atoms with Crippen molar-refractivity contribution in [2.45, 2.75) is 31.8 Å². The molecule has 0 saturated heterocycles. The molecule has 1 aliphatic carbocycles. The summed E-state index contributed by atoms with van der Waals surface area (Å²) in [4.78, 5) is 35.6. The van der Waals surface area contributed by atoms with Crippen LogP contribution in [0.25, 0.3) is 0 Å². The van der Waals surface area contributed by atoms with Crippen molar-refractivity contribution in [1.82, 2.24) is 10.6 Å². The van der Waals surface area contributed by atoms with E-state index in [0.29, 0.717) is 40.6 Å². The Balaban J connectivity index is 1.44. The van der Waals surface area contributed by atoms with Gasteiger partial charge in [0.2, 0.25) is 0 Å². The Labute approximate surface area is 187 Å². The van der Waals surface area contributed by atoms with Gasteiger partial charge in [0.05, 0.1) is 26.8 Å². The van der Waals surface area contributed by atoms with Crippen molar-refractivity contribution in [2.75, 3.05) is 13.1 Å². The summed E-state index contributed by atoms with van der Waals surface area (Å²) in [5, 5.41) is 14.2. The van der Waals surface area contributed by atoms with Crippen molar-refractivity contribution in [3.8, 4) is 5.75 Å². The highest BCUT2D eigenvalue weighted by Gasteiger charge is 2.27. The molecule has 1 aliphatic rings. The standard InChI is InChI=1S/C21H22ClFN2O5S/c22-18-8-7-17(31-18)20(27)25-10-9-24-19(26)15-6-5-14(11-16(15)23)30-13-3-1-12(2-4-13)21(28)29/h5-8,11-13H,1-4,9-10H2,(H,24,26)(H,25,27)(H,28,29). The number of carboxylic acid groups (broad SMARTS) is 1. The fraction of sp³-hybridized carbons (Fsp3) is 0.381. The van der Waals surface area contributed by atoms with Gasteiger partial charge in [-0.15, -0.1) is 11.3 Å². The van der Waals surface area contributed by atoms with Crippen molar-refractivity contribution in [3.05, 3.63) is 50.9 Å². The fourth-order valence-electron chi connectivity index (χ4n) is 3.34. The maximum Gasteiger partial charge on any atom is 0.306 e. The van der Waals surface area contributed by atoms with Crippen LogP contribution >= 0.6 is 22.9 Å². The first-order valence-corrected chi connectivity index (χ1v) is 11.0. The van der Waals surface area contributed by atoms with E-state index >= 15 is 0 Å². The number of carbonyl (C=O) groups is 3. The topological polar surface area (TPSA) is 105 Å². The zero-order valence-corrected chi connectivity index (χ0v) is 18.1. The van der Waals surface area contributed by atoms with Crippen molar-refractivity contribution in [1.29, 1.82) is 0 Å². The first kappa shape index (κ1) is 23.0. The van der Waals surface area contributed by atoms with E-state index in [2.05, 4.69) is 10.6 Å². The quantitative estimate of drug-likeness (QED) is 0.512. The summed E-state index contributed by atoms with van der Waals surface area (Å²) < 4.78 is 20.6. The number of thiophene rings is 1. The highest BCUT2D eigenvalue weighted by Crippen LogP contribution is 2.28. The number of carboxylic acids is 1. The Hall–Kier alpha value is -2.65. The minimum atomic E-state index is -0.796. The molecule has 1 aromatic carbocycles. The fourth-order valence-corrected chi connectivity index (χ4v) is 4.30. The van der Waals surface area contributed by atoms with Crippen LogP contribution < -0.4 is 15.4 Å². The predicted octanol–water partition coefficient (Wildman–Crippen LogP) is 3.72. The monoisotopic (exact) mass is 468 g/mol. The van der Waals surface area contributed by atoms with Gasteiger partial charge in [-0.25, -0.2) is 4.39 Å². The van der Waals surface area contributed by atoms with Gasteiger partial charge in [0, 0.05) is 19.2 Å². The second-order valence-electron chi connectivity index (χ2n) is 7.19. The van der Waals surface area contributed by atoms with Gasteiger partial charge in [0.1, 0.15) is 11.6 Å². The van der Waals surface area contributed by atoms with Gasteiger partial charge in [-0.1, -0.05) is 11.6 Å². The van der Waals surface area contributed by atoms with Crippen molar-refractivity contribution < 1.29 is 28.6 Å². The summed E-state index contributed by atoms with van der Waals surface area (Å²) in [7, 11) is 0. The molecule has 7 nitrogen and oxygen atoms in total. The number of hydrogen-bond donors (Lipinski definition) is 3. The van der Waals surface area contributed by atoms with Crippen LogP contribution in [0.5, 0.6) is 5.75 Å². The number of hydrogen-bond acceptors (Lipinski definition) is 5. The van der Waals surface area contributed by atoms with Gasteiger partial charge in [-0.3, -0.25) is 14.4 Å². The van der Waals surface area contributed by atoms with Gasteiger partial charge in [-0.05, 0) is 49.9 Å². The van der Waals surface area contributed by atoms with Gasteiger partial charge in [0.25, 0.3) is 11.8 Å². The number of aliphatic carboxylic acids is 1. The van der Waals surface area contributed by atoms with Gasteiger partial charge < -0.3 is 20.5 Å². The Bertz CT molecular complexity index is 959. The van der Waals surface area contributed by atoms with E-state index in [0.717, 1.165) is 17.4 Å². The van der Waals surface area contributed by atoms with Crippen LogP contribution in [-0.2, 0) is 4.79 Å². The lowest BCUT2D eigenvalue weighted by atomic mass is 9.87. The molecule has 1 heterocycles. The molecule has 31 heavy (non-hydrogen) atoms. The molecule has 1 fully saturated rings. The number of nitrogens with one attached hydrogen (secondary N) is 2. The molecule has 2 aromatic rings. The summed E-state index contributed by atoms with van der Waals surface area (Å²) in [6, 6.07) is 7.25. The highest BCUT2D eigenvalue weighted by atomic mass is 35.5. The second-order valence-corrected chi connectivity index (χ2v) is 8.90. The van der Waals surface area contributed by atoms with Gasteiger partial charge >= 0.3 is 5.97 Å². The van der Waals surface area contributed by atoms with Crippen LogP contribution in [0.3, 0.4) is 0 Å². The number of amides is 2. The van der Waals surface area contributed by atoms with Crippen molar-refractivity contribution in [3.63, 3.8) is 0 Å². The third kappa shape index (κ3) is 6.41. The van der Waals surface area contributed by atoms with E-state index in [1.165, 1.54) is 12.1 Å². The zero-order valence-electron chi connectivity index (χ0n) is 16.5. The van der Waals surface area contributed by atoms with Crippen molar-refractivity contribution >= 4 is 40.7 Å². The third-order valence-corrected chi connectivity index (χ3v) is 6.23. The van der Waals surface area contributed by atoms with Gasteiger partial charge in [-0.2, -0.15) is 0 Å². The van der Waals surface area contributed by atoms with Crippen LogP contribution in [0.2, 0.25) is 4.34 Å². The smallest absolute Gasteiger partial charge is 0.306 e. The molecule has 0 bridgehead atoms. The van der Waals surface area contributed by atoms with Crippen LogP contribution in [0.15, 0.2) is 30.3 Å². The van der Waals surface area contributed by atoms with E-state index in [4.69, 9.17) is 21.4 Å². The molecular weight excluding hydrogens is 447 g/mol. The van der Waals surface area contributed by atoms with Crippen LogP contribution in [0.4, 0.5) is 4.39 Å². The zero-order chi connectivity index (χ0) is 22.4. The number of carbonyl (C=O) groups excluding carboxylic acids is 2. The van der Waals surface area contributed by atoms with E-state index in [1.807, 2.05) is 0 Å². The molecule has 0 atom stereocenters. The molecule has 166 valence electrons. The Morgan fingerprint density at radius 3 is 2.32 bits per heavy atom. The molecule has 0 radical (unpaired) electrons. The lowest BCUT2D eigenvalue weighted by Gasteiger charge is -2.26. The lowest BCUT2D eigenvalue weighted by Crippen LogP contribution is -2.34. The normalized spacial score (nSPS) is 18.3. The maximum atomic E-state index is 14.4. The van der Waals surface area contributed by atoms with Crippen LogP contribution in [-0.4, -0.2) is 42.1 Å². The average Bonchev–Trinajstić information content (AvgIpc) is 3.18. The molecule has 0 unspecified atom stereocenters. The summed E-state index contributed by atoms with van der Waals surface area (Å²) in [5.74, 6) is -2.46. The molecule has 2 amide bonds. The van der Waals surface area contributed by atoms with E-state index in [-0.39, 0.29) is 36.6 Å². The molecule has 3 N–H and O–H groups in total. The number of ether oxygens (including phenoxy) is 1. The Morgan fingerprint density at radius 2 is 1.74 bits per heavy atom. The first-order chi connectivity index (χ1) is 14.8. The minimum absolute atomic E-state index is 0.127. The van der Waals surface area contributed by atoms with E-state index in [9.17, 15) is 18.8 Å². The van der Waals surface area contributed by atoms with Crippen molar-refractivity contribution in [2.24, 2.45) is 5.92 Å². The molecule has 10 heteroatoms. The molecular formula is C21H22ClFN2O5S. The summed E-state index contributed by atoms with van der Waals surface area (Å²) in [5.41, 5.74) is -0.127. The molecule has 0 spiro atoms. The maximum absolute atomic E-state index is 14.4. The van der Waals surface area contributed by atoms with E-state index in [1.54, 1.807) is 12.1 Å².